The van der Waals surface area contributed by atoms with E-state index >= 15 is 0 Å². The van der Waals surface area contributed by atoms with Crippen LogP contribution < -0.4 is 16.0 Å². The largest absolute Gasteiger partial charge is 0.503 e. The molecule has 15 heteroatoms. The molecule has 0 radical (unpaired) electrons. The first-order valence-corrected chi connectivity index (χ1v) is 14.8. The molecule has 1 aromatic heterocycles. The summed E-state index contributed by atoms with van der Waals surface area (Å²) < 4.78 is 77.4. The number of amides is 2. The number of ketones is 1. The monoisotopic (exact) mass is 651 g/mol. The molecule has 1 fully saturated rings. The number of aromatic nitrogens is 2. The van der Waals surface area contributed by atoms with Crippen LogP contribution in [-0.4, -0.2) is 57.6 Å². The molecule has 0 saturated heterocycles. The highest BCUT2D eigenvalue weighted by atomic mass is 19.4. The maximum Gasteiger partial charge on any atom is 0.407 e. The Hall–Kier alpha value is -4.40. The Morgan fingerprint density at radius 1 is 1.09 bits per heavy atom. The Labute approximate surface area is 261 Å². The van der Waals surface area contributed by atoms with E-state index in [1.165, 1.54) is 19.1 Å². The number of carbonyl (C=O) groups excluding carboxylic acids is 3. The minimum Gasteiger partial charge on any atom is -0.503 e. The number of rotatable bonds is 14. The number of hydrogen-bond acceptors (Lipinski definition) is 8. The van der Waals surface area contributed by atoms with E-state index in [0.717, 1.165) is 31.4 Å². The van der Waals surface area contributed by atoms with E-state index in [1.807, 2.05) is 0 Å². The molecule has 1 aliphatic rings. The van der Waals surface area contributed by atoms with Crippen molar-refractivity contribution in [1.82, 2.24) is 26.1 Å². The SMILES string of the molecule is CCCNC(=O)C(=O)[C@H](CC1CCC1)NC(=O)[C@H](Cc1cc(F)c(O)c(F)c1)N[C@@H](c1cccc(-c2nc(C)no2)c1)C(F)(F)F. The van der Waals surface area contributed by atoms with E-state index in [1.54, 1.807) is 6.92 Å². The van der Waals surface area contributed by atoms with Crippen LogP contribution in [0.5, 0.6) is 5.75 Å². The van der Waals surface area contributed by atoms with Gasteiger partial charge < -0.3 is 20.3 Å². The van der Waals surface area contributed by atoms with Gasteiger partial charge in [0.25, 0.3) is 11.8 Å². The first kappa shape index (κ1) is 34.5. The number of phenolic OH excluding ortho intramolecular Hbond substituents is 1. The lowest BCUT2D eigenvalue weighted by molar-refractivity contribution is -0.161. The topological polar surface area (TPSA) is 146 Å². The Morgan fingerprint density at radius 2 is 1.78 bits per heavy atom. The van der Waals surface area contributed by atoms with Crippen molar-refractivity contribution in [3.63, 3.8) is 0 Å². The van der Waals surface area contributed by atoms with Crippen molar-refractivity contribution in [1.29, 1.82) is 0 Å². The fourth-order valence-corrected chi connectivity index (χ4v) is 5.09. The van der Waals surface area contributed by atoms with E-state index in [-0.39, 0.29) is 47.3 Å². The zero-order valence-electron chi connectivity index (χ0n) is 25.1. The lowest BCUT2D eigenvalue weighted by Crippen LogP contribution is -2.55. The average molecular weight is 652 g/mol. The number of aryl methyl sites for hydroxylation is 1. The van der Waals surface area contributed by atoms with Gasteiger partial charge >= 0.3 is 6.18 Å². The van der Waals surface area contributed by atoms with Crippen molar-refractivity contribution in [3.05, 3.63) is 65.0 Å². The zero-order chi connectivity index (χ0) is 33.6. The molecule has 3 atom stereocenters. The van der Waals surface area contributed by atoms with Crippen molar-refractivity contribution in [2.24, 2.45) is 5.92 Å². The second-order valence-corrected chi connectivity index (χ2v) is 11.3. The van der Waals surface area contributed by atoms with E-state index in [2.05, 4.69) is 26.1 Å². The summed E-state index contributed by atoms with van der Waals surface area (Å²) in [6.07, 6.45) is -2.66. The molecule has 0 aliphatic heterocycles. The van der Waals surface area contributed by atoms with E-state index in [9.17, 15) is 41.4 Å². The summed E-state index contributed by atoms with van der Waals surface area (Å²) in [5.41, 5.74) is -0.427. The molecule has 248 valence electrons. The maximum atomic E-state index is 14.6. The van der Waals surface area contributed by atoms with E-state index in [4.69, 9.17) is 4.52 Å². The van der Waals surface area contributed by atoms with Gasteiger partial charge in [-0.3, -0.25) is 19.7 Å². The van der Waals surface area contributed by atoms with Gasteiger partial charge in [-0.1, -0.05) is 43.5 Å². The number of Topliss-reactive ketones (excluding diaryl/α,β-unsaturated/α-hetero) is 1. The summed E-state index contributed by atoms with van der Waals surface area (Å²) in [6, 6.07) is 0.811. The number of carbonyl (C=O) groups is 3. The molecule has 46 heavy (non-hydrogen) atoms. The highest BCUT2D eigenvalue weighted by Gasteiger charge is 2.44. The Kier molecular flexibility index (Phi) is 11.1. The van der Waals surface area contributed by atoms with Gasteiger partial charge in [-0.25, -0.2) is 8.78 Å². The second kappa shape index (κ2) is 14.8. The third kappa shape index (κ3) is 8.65. The highest BCUT2D eigenvalue weighted by Crippen LogP contribution is 2.35. The van der Waals surface area contributed by atoms with Crippen molar-refractivity contribution < 1.29 is 46.0 Å². The molecule has 1 saturated carbocycles. The van der Waals surface area contributed by atoms with Gasteiger partial charge in [-0.2, -0.15) is 18.2 Å². The number of nitrogens with one attached hydrogen (secondary N) is 3. The molecular formula is C31H34F5N5O5. The number of hydrogen-bond donors (Lipinski definition) is 4. The number of benzene rings is 2. The lowest BCUT2D eigenvalue weighted by atomic mass is 9.80. The lowest BCUT2D eigenvalue weighted by Gasteiger charge is -2.31. The highest BCUT2D eigenvalue weighted by molar-refractivity contribution is 6.38. The molecule has 2 amide bonds. The molecule has 10 nitrogen and oxygen atoms in total. The van der Waals surface area contributed by atoms with Gasteiger partial charge in [0.15, 0.2) is 23.2 Å². The molecule has 4 N–H and O–H groups in total. The Morgan fingerprint density at radius 3 is 2.35 bits per heavy atom. The van der Waals surface area contributed by atoms with Crippen molar-refractivity contribution >= 4 is 17.6 Å². The summed E-state index contributed by atoms with van der Waals surface area (Å²) in [6.45, 7) is 3.51. The van der Waals surface area contributed by atoms with Crippen LogP contribution in [0.2, 0.25) is 0 Å². The number of aromatic hydroxyl groups is 1. The van der Waals surface area contributed by atoms with Gasteiger partial charge in [0.1, 0.15) is 6.04 Å². The van der Waals surface area contributed by atoms with Gasteiger partial charge in [-0.05, 0) is 67.5 Å². The molecule has 0 spiro atoms. The second-order valence-electron chi connectivity index (χ2n) is 11.3. The summed E-state index contributed by atoms with van der Waals surface area (Å²) in [5, 5.41) is 20.3. The van der Waals surface area contributed by atoms with Gasteiger partial charge in [-0.15, -0.1) is 0 Å². The van der Waals surface area contributed by atoms with Crippen LogP contribution in [0.1, 0.15) is 62.0 Å². The molecule has 3 aromatic rings. The summed E-state index contributed by atoms with van der Waals surface area (Å²) in [4.78, 5) is 43.3. The van der Waals surface area contributed by atoms with Crippen LogP contribution in [0, 0.1) is 24.5 Å². The van der Waals surface area contributed by atoms with Gasteiger partial charge in [0, 0.05) is 12.1 Å². The first-order valence-electron chi connectivity index (χ1n) is 14.8. The minimum absolute atomic E-state index is 0.0129. The van der Waals surface area contributed by atoms with Crippen LogP contribution in [0.4, 0.5) is 22.0 Å². The van der Waals surface area contributed by atoms with E-state index in [0.29, 0.717) is 18.6 Å². The van der Waals surface area contributed by atoms with E-state index < -0.39 is 65.7 Å². The Bertz CT molecular complexity index is 1540. The fourth-order valence-electron chi connectivity index (χ4n) is 5.09. The molecule has 0 unspecified atom stereocenters. The number of alkyl halides is 3. The van der Waals surface area contributed by atoms with Crippen LogP contribution in [0.15, 0.2) is 40.9 Å². The summed E-state index contributed by atoms with van der Waals surface area (Å²) in [5.74, 6) is -6.82. The molecule has 1 heterocycles. The van der Waals surface area contributed by atoms with Gasteiger partial charge in [0.05, 0.1) is 12.1 Å². The summed E-state index contributed by atoms with van der Waals surface area (Å²) in [7, 11) is 0. The average Bonchev–Trinajstić information content (AvgIpc) is 3.42. The quantitative estimate of drug-likeness (QED) is 0.146. The third-order valence-corrected chi connectivity index (χ3v) is 7.71. The van der Waals surface area contributed by atoms with Crippen molar-refractivity contribution in [2.75, 3.05) is 6.54 Å². The molecular weight excluding hydrogens is 617 g/mol. The maximum absolute atomic E-state index is 14.6. The first-order chi connectivity index (χ1) is 21.8. The normalized spacial score (nSPS) is 15.5. The molecule has 4 rings (SSSR count). The molecule has 1 aliphatic carbocycles. The van der Waals surface area contributed by atoms with Crippen LogP contribution in [0.25, 0.3) is 11.5 Å². The van der Waals surface area contributed by atoms with Crippen molar-refractivity contribution in [2.45, 2.75) is 76.7 Å². The predicted molar refractivity (Wildman–Crippen MR) is 154 cm³/mol. The summed E-state index contributed by atoms with van der Waals surface area (Å²) >= 11 is 0. The zero-order valence-corrected chi connectivity index (χ0v) is 25.1. The standard InChI is InChI=1S/C31H34F5N5O5/c1-3-10-37-29(45)26(43)23(13-17-6-4-7-17)40-28(44)24(14-18-11-21(32)25(42)22(33)12-18)39-27(31(34,35)36)19-8-5-9-20(15-19)30-38-16(2)41-46-30/h5,8-9,11-12,15,17,23-24,27,39,42H,3-4,6-7,10,13-14H2,1-2H3,(H,37,45)(H,40,44)/t23-,24-,27-/m0/s1. The number of halogens is 5. The predicted octanol–water partition coefficient (Wildman–Crippen LogP) is 4.60. The molecule has 2 aromatic carbocycles. The number of phenols is 1. The minimum atomic E-state index is -4.99. The van der Waals surface area contributed by atoms with Crippen LogP contribution in [-0.2, 0) is 20.8 Å². The molecule has 0 bridgehead atoms. The fraction of sp³-hybridized carbons (Fsp3) is 0.452. The van der Waals surface area contributed by atoms with Crippen LogP contribution in [0.3, 0.4) is 0 Å². The smallest absolute Gasteiger partial charge is 0.407 e. The third-order valence-electron chi connectivity index (χ3n) is 7.71. The van der Waals surface area contributed by atoms with Crippen LogP contribution >= 0.6 is 0 Å². The number of nitrogens with zero attached hydrogens (tertiary/aromatic N) is 2. The van der Waals surface area contributed by atoms with Crippen molar-refractivity contribution in [3.8, 4) is 17.2 Å². The van der Waals surface area contributed by atoms with Gasteiger partial charge in [0.2, 0.25) is 11.7 Å². The Balaban J connectivity index is 1.68.